The number of carbonyl (C=O) groups is 1. The van der Waals surface area contributed by atoms with E-state index in [2.05, 4.69) is 0 Å². The van der Waals surface area contributed by atoms with Gasteiger partial charge in [0.05, 0.1) is 25.0 Å². The molecule has 0 bridgehead atoms. The number of hydrogen-bond donors (Lipinski definition) is 1. The highest BCUT2D eigenvalue weighted by atomic mass is 32.2. The van der Waals surface area contributed by atoms with E-state index in [0.717, 1.165) is 28.8 Å². The van der Waals surface area contributed by atoms with Gasteiger partial charge in [0.15, 0.2) is 5.78 Å². The number of benzene rings is 2. The predicted molar refractivity (Wildman–Crippen MR) is 87.2 cm³/mol. The van der Waals surface area contributed by atoms with Crippen LogP contribution in [0.3, 0.4) is 0 Å². The Morgan fingerprint density at radius 1 is 1.12 bits per heavy atom. The number of halogens is 2. The molecule has 0 aromatic heterocycles. The van der Waals surface area contributed by atoms with Crippen LogP contribution in [0.1, 0.15) is 15.9 Å². The van der Waals surface area contributed by atoms with Crippen LogP contribution in [-0.2, 0) is 16.6 Å². The van der Waals surface area contributed by atoms with E-state index in [9.17, 15) is 22.0 Å². The monoisotopic (exact) mass is 354 g/mol. The van der Waals surface area contributed by atoms with Gasteiger partial charge in [0.2, 0.25) is 10.0 Å². The van der Waals surface area contributed by atoms with Crippen LogP contribution in [-0.4, -0.2) is 27.0 Å². The van der Waals surface area contributed by atoms with E-state index in [1.165, 1.54) is 24.3 Å². The molecule has 0 radical (unpaired) electrons. The quantitative estimate of drug-likeness (QED) is 0.806. The lowest BCUT2D eigenvalue weighted by Crippen LogP contribution is -2.29. The van der Waals surface area contributed by atoms with Crippen molar-refractivity contribution in [1.82, 2.24) is 0 Å². The van der Waals surface area contributed by atoms with Crippen LogP contribution in [0.25, 0.3) is 0 Å². The van der Waals surface area contributed by atoms with Gasteiger partial charge in [-0.2, -0.15) is 0 Å². The SMILES string of the molecule is CS(=O)(=O)N(Cc1ccc(C(=O)CN)cc1F)c1ccc(F)cc1. The first-order chi connectivity index (χ1) is 11.2. The Bertz CT molecular complexity index is 852. The molecule has 8 heteroatoms. The first kappa shape index (κ1) is 18.0. The molecule has 0 atom stereocenters. The summed E-state index contributed by atoms with van der Waals surface area (Å²) < 4.78 is 52.2. The van der Waals surface area contributed by atoms with Gasteiger partial charge in [-0.1, -0.05) is 12.1 Å². The zero-order valence-electron chi connectivity index (χ0n) is 12.9. The number of Topliss-reactive ketones (excluding diaryl/α,β-unsaturated/α-hetero) is 1. The van der Waals surface area contributed by atoms with Gasteiger partial charge >= 0.3 is 0 Å². The van der Waals surface area contributed by atoms with Crippen LogP contribution in [0.5, 0.6) is 0 Å². The van der Waals surface area contributed by atoms with Crippen molar-refractivity contribution in [2.24, 2.45) is 5.73 Å². The number of nitrogens with zero attached hydrogens (tertiary/aromatic N) is 1. The van der Waals surface area contributed by atoms with Crippen molar-refractivity contribution in [2.45, 2.75) is 6.54 Å². The van der Waals surface area contributed by atoms with Gasteiger partial charge in [0.25, 0.3) is 0 Å². The van der Waals surface area contributed by atoms with E-state index in [-0.39, 0.29) is 29.9 Å². The third kappa shape index (κ3) is 4.15. The van der Waals surface area contributed by atoms with Crippen LogP contribution in [0, 0.1) is 11.6 Å². The molecule has 0 aliphatic heterocycles. The molecule has 2 rings (SSSR count). The molecule has 0 spiro atoms. The summed E-state index contributed by atoms with van der Waals surface area (Å²) in [5.41, 5.74) is 5.64. The maximum Gasteiger partial charge on any atom is 0.232 e. The molecule has 0 amide bonds. The Labute approximate surface area is 138 Å². The van der Waals surface area contributed by atoms with Crippen LogP contribution in [0.4, 0.5) is 14.5 Å². The third-order valence-corrected chi connectivity index (χ3v) is 4.53. The standard InChI is InChI=1S/C16H16F2N2O3S/c1-24(22,23)20(14-6-4-13(17)5-7-14)10-12-3-2-11(8-15(12)18)16(21)9-19/h2-8H,9-10,19H2,1H3. The maximum absolute atomic E-state index is 14.2. The normalized spacial score (nSPS) is 11.3. The third-order valence-electron chi connectivity index (χ3n) is 3.39. The van der Waals surface area contributed by atoms with Gasteiger partial charge < -0.3 is 5.73 Å². The van der Waals surface area contributed by atoms with Crippen molar-refractivity contribution in [3.63, 3.8) is 0 Å². The van der Waals surface area contributed by atoms with Crippen molar-refractivity contribution in [3.05, 3.63) is 65.2 Å². The average molecular weight is 354 g/mol. The fourth-order valence-corrected chi connectivity index (χ4v) is 3.01. The molecule has 0 heterocycles. The van der Waals surface area contributed by atoms with Gasteiger partial charge in [0, 0.05) is 11.1 Å². The second kappa shape index (κ2) is 7.06. The van der Waals surface area contributed by atoms with E-state index in [1.807, 2.05) is 0 Å². The van der Waals surface area contributed by atoms with E-state index in [0.29, 0.717) is 0 Å². The van der Waals surface area contributed by atoms with Gasteiger partial charge in [0.1, 0.15) is 11.6 Å². The number of nitrogens with two attached hydrogens (primary N) is 1. The molecule has 0 fully saturated rings. The second-order valence-corrected chi connectivity index (χ2v) is 7.09. The number of carbonyl (C=O) groups excluding carboxylic acids is 1. The predicted octanol–water partition coefficient (Wildman–Crippen LogP) is 2.07. The lowest BCUT2D eigenvalue weighted by molar-refractivity contribution is 0.100. The van der Waals surface area contributed by atoms with Gasteiger partial charge in [-0.05, 0) is 30.3 Å². The van der Waals surface area contributed by atoms with Gasteiger partial charge in [-0.25, -0.2) is 17.2 Å². The molecule has 0 aliphatic carbocycles. The Morgan fingerprint density at radius 2 is 1.75 bits per heavy atom. The van der Waals surface area contributed by atoms with Crippen LogP contribution < -0.4 is 10.0 Å². The fraction of sp³-hybridized carbons (Fsp3) is 0.188. The summed E-state index contributed by atoms with van der Waals surface area (Å²) in [6.45, 7) is -0.531. The van der Waals surface area contributed by atoms with Gasteiger partial charge in [-0.15, -0.1) is 0 Å². The minimum Gasteiger partial charge on any atom is -0.324 e. The summed E-state index contributed by atoms with van der Waals surface area (Å²) in [5.74, 6) is -1.65. The number of anilines is 1. The number of sulfonamides is 1. The van der Waals surface area contributed by atoms with Crippen LogP contribution in [0.2, 0.25) is 0 Å². The summed E-state index contributed by atoms with van der Waals surface area (Å²) in [7, 11) is -3.72. The zero-order valence-corrected chi connectivity index (χ0v) is 13.7. The molecular weight excluding hydrogens is 338 g/mol. The Morgan fingerprint density at radius 3 is 2.25 bits per heavy atom. The fourth-order valence-electron chi connectivity index (χ4n) is 2.13. The molecule has 2 aromatic rings. The topological polar surface area (TPSA) is 80.5 Å². The Hall–Kier alpha value is -2.32. The molecule has 0 saturated carbocycles. The summed E-state index contributed by atoms with van der Waals surface area (Å²) in [5, 5.41) is 0. The number of ketones is 1. The average Bonchev–Trinajstić information content (AvgIpc) is 2.53. The first-order valence-electron chi connectivity index (χ1n) is 6.97. The van der Waals surface area contributed by atoms with E-state index in [1.54, 1.807) is 0 Å². The minimum absolute atomic E-state index is 0.0818. The maximum atomic E-state index is 14.2. The zero-order chi connectivity index (χ0) is 17.9. The lowest BCUT2D eigenvalue weighted by Gasteiger charge is -2.23. The van der Waals surface area contributed by atoms with E-state index >= 15 is 0 Å². The summed E-state index contributed by atoms with van der Waals surface area (Å²) in [4.78, 5) is 11.5. The summed E-state index contributed by atoms with van der Waals surface area (Å²) in [6, 6.07) is 8.56. The summed E-state index contributed by atoms with van der Waals surface area (Å²) in [6.07, 6.45) is 0.973. The van der Waals surface area contributed by atoms with Crippen molar-refractivity contribution >= 4 is 21.5 Å². The molecule has 24 heavy (non-hydrogen) atoms. The highest BCUT2D eigenvalue weighted by Crippen LogP contribution is 2.22. The Balaban J connectivity index is 2.37. The molecule has 128 valence electrons. The summed E-state index contributed by atoms with van der Waals surface area (Å²) >= 11 is 0. The van der Waals surface area contributed by atoms with Crippen molar-refractivity contribution in [1.29, 1.82) is 0 Å². The molecule has 0 saturated heterocycles. The van der Waals surface area contributed by atoms with E-state index in [4.69, 9.17) is 5.73 Å². The van der Waals surface area contributed by atoms with Crippen LogP contribution in [0.15, 0.2) is 42.5 Å². The van der Waals surface area contributed by atoms with Crippen molar-refractivity contribution < 1.29 is 22.0 Å². The highest BCUT2D eigenvalue weighted by molar-refractivity contribution is 7.92. The molecule has 0 unspecified atom stereocenters. The largest absolute Gasteiger partial charge is 0.324 e. The number of hydrogen-bond acceptors (Lipinski definition) is 4. The first-order valence-corrected chi connectivity index (χ1v) is 8.82. The van der Waals surface area contributed by atoms with Crippen molar-refractivity contribution in [3.8, 4) is 0 Å². The number of rotatable bonds is 6. The second-order valence-electron chi connectivity index (χ2n) is 5.18. The van der Waals surface area contributed by atoms with E-state index < -0.39 is 27.4 Å². The minimum atomic E-state index is -3.72. The lowest BCUT2D eigenvalue weighted by atomic mass is 10.1. The molecule has 0 aliphatic rings. The van der Waals surface area contributed by atoms with Gasteiger partial charge in [-0.3, -0.25) is 9.10 Å². The smallest absolute Gasteiger partial charge is 0.232 e. The van der Waals surface area contributed by atoms with Crippen molar-refractivity contribution in [2.75, 3.05) is 17.1 Å². The molecular formula is C16H16F2N2O3S. The molecule has 5 nitrogen and oxygen atoms in total. The highest BCUT2D eigenvalue weighted by Gasteiger charge is 2.20. The Kier molecular flexibility index (Phi) is 5.30. The molecule has 2 N–H and O–H groups in total. The molecule has 2 aromatic carbocycles. The van der Waals surface area contributed by atoms with Crippen LogP contribution >= 0.6 is 0 Å².